The first-order valence-electron chi connectivity index (χ1n) is 7.53. The number of rotatable bonds is 3. The van der Waals surface area contributed by atoms with E-state index in [2.05, 4.69) is 32.7 Å². The molecule has 0 unspecified atom stereocenters. The Labute approximate surface area is 137 Å². The van der Waals surface area contributed by atoms with E-state index >= 15 is 0 Å². The fourth-order valence-electron chi connectivity index (χ4n) is 2.57. The van der Waals surface area contributed by atoms with E-state index in [4.69, 9.17) is 0 Å². The van der Waals surface area contributed by atoms with Crippen LogP contribution in [-0.2, 0) is 0 Å². The SMILES string of the molecule is C[C@H]1CCCN(c2nnc(NC(=O)Nc3ccccc3F)s2)C1. The van der Waals surface area contributed by atoms with E-state index in [0.29, 0.717) is 11.0 Å². The van der Waals surface area contributed by atoms with Crippen LogP contribution in [0.15, 0.2) is 24.3 Å². The van der Waals surface area contributed by atoms with E-state index in [1.807, 2.05) is 0 Å². The van der Waals surface area contributed by atoms with Crippen molar-refractivity contribution in [1.82, 2.24) is 10.2 Å². The highest BCUT2D eigenvalue weighted by molar-refractivity contribution is 7.19. The fraction of sp³-hybridized carbons (Fsp3) is 0.400. The summed E-state index contributed by atoms with van der Waals surface area (Å²) in [6.07, 6.45) is 2.36. The van der Waals surface area contributed by atoms with Gasteiger partial charge >= 0.3 is 6.03 Å². The summed E-state index contributed by atoms with van der Waals surface area (Å²) in [5.41, 5.74) is 0.125. The fourth-order valence-corrected chi connectivity index (χ4v) is 3.35. The number of carbonyl (C=O) groups is 1. The van der Waals surface area contributed by atoms with Crippen LogP contribution >= 0.6 is 11.3 Å². The van der Waals surface area contributed by atoms with Gasteiger partial charge in [-0.25, -0.2) is 9.18 Å². The predicted octanol–water partition coefficient (Wildman–Crippen LogP) is 3.56. The Morgan fingerprint density at radius 3 is 2.96 bits per heavy atom. The molecule has 1 atom stereocenters. The number of anilines is 3. The molecule has 2 amide bonds. The van der Waals surface area contributed by atoms with Crippen molar-refractivity contribution >= 4 is 33.3 Å². The highest BCUT2D eigenvalue weighted by Gasteiger charge is 2.20. The molecule has 2 N–H and O–H groups in total. The smallest absolute Gasteiger partial charge is 0.325 e. The second-order valence-electron chi connectivity index (χ2n) is 5.64. The van der Waals surface area contributed by atoms with Crippen LogP contribution in [0.3, 0.4) is 0 Å². The van der Waals surface area contributed by atoms with Crippen LogP contribution in [0.4, 0.5) is 25.1 Å². The summed E-state index contributed by atoms with van der Waals surface area (Å²) in [5, 5.41) is 14.4. The summed E-state index contributed by atoms with van der Waals surface area (Å²) >= 11 is 1.32. The molecule has 0 radical (unpaired) electrons. The van der Waals surface area contributed by atoms with Crippen molar-refractivity contribution in [3.8, 4) is 0 Å². The molecule has 1 aliphatic heterocycles. The van der Waals surface area contributed by atoms with Crippen molar-refractivity contribution < 1.29 is 9.18 Å². The lowest BCUT2D eigenvalue weighted by atomic mass is 10.0. The van der Waals surface area contributed by atoms with Crippen molar-refractivity contribution in [3.63, 3.8) is 0 Å². The summed E-state index contributed by atoms with van der Waals surface area (Å²) < 4.78 is 13.5. The minimum absolute atomic E-state index is 0.125. The monoisotopic (exact) mass is 335 g/mol. The van der Waals surface area contributed by atoms with E-state index in [0.717, 1.165) is 24.6 Å². The Balaban J connectivity index is 1.60. The minimum atomic E-state index is -0.537. The normalized spacial score (nSPS) is 17.8. The summed E-state index contributed by atoms with van der Waals surface area (Å²) in [6, 6.07) is 5.46. The molecule has 122 valence electrons. The second-order valence-corrected chi connectivity index (χ2v) is 6.60. The molecule has 0 bridgehead atoms. The van der Waals surface area contributed by atoms with Crippen molar-refractivity contribution in [1.29, 1.82) is 0 Å². The number of amides is 2. The Morgan fingerprint density at radius 1 is 1.35 bits per heavy atom. The number of urea groups is 1. The Morgan fingerprint density at radius 2 is 2.17 bits per heavy atom. The number of aromatic nitrogens is 2. The zero-order valence-corrected chi connectivity index (χ0v) is 13.6. The number of hydrogen-bond donors (Lipinski definition) is 2. The first-order chi connectivity index (χ1) is 11.1. The molecule has 2 heterocycles. The maximum Gasteiger partial charge on any atom is 0.325 e. The van der Waals surface area contributed by atoms with Crippen LogP contribution in [0, 0.1) is 11.7 Å². The molecule has 1 aromatic carbocycles. The van der Waals surface area contributed by atoms with Crippen LogP contribution in [0.2, 0.25) is 0 Å². The highest BCUT2D eigenvalue weighted by Crippen LogP contribution is 2.28. The lowest BCUT2D eigenvalue weighted by Crippen LogP contribution is -2.34. The topological polar surface area (TPSA) is 70.2 Å². The number of hydrogen-bond acceptors (Lipinski definition) is 5. The molecule has 6 nitrogen and oxygen atoms in total. The maximum absolute atomic E-state index is 13.5. The zero-order valence-electron chi connectivity index (χ0n) is 12.8. The highest BCUT2D eigenvalue weighted by atomic mass is 32.1. The standard InChI is InChI=1S/C15H18FN5OS/c1-10-5-4-8-21(9-10)15-20-19-14(23-15)18-13(22)17-12-7-3-2-6-11(12)16/h2-3,6-7,10H,4-5,8-9H2,1H3,(H2,17,18,19,22)/t10-/m0/s1. The lowest BCUT2D eigenvalue weighted by molar-refractivity contribution is 0.262. The Hall–Kier alpha value is -2.22. The molecule has 23 heavy (non-hydrogen) atoms. The van der Waals surface area contributed by atoms with Crippen molar-refractivity contribution in [2.75, 3.05) is 28.6 Å². The van der Waals surface area contributed by atoms with Gasteiger partial charge in [-0.3, -0.25) is 5.32 Å². The molecule has 0 spiro atoms. The van der Waals surface area contributed by atoms with Crippen LogP contribution in [-0.4, -0.2) is 29.3 Å². The number of nitrogens with zero attached hydrogens (tertiary/aromatic N) is 3. The molecular weight excluding hydrogens is 317 g/mol. The van der Waals surface area contributed by atoms with Gasteiger partial charge in [0.2, 0.25) is 10.3 Å². The van der Waals surface area contributed by atoms with Crippen LogP contribution < -0.4 is 15.5 Å². The molecule has 3 rings (SSSR count). The molecule has 1 saturated heterocycles. The van der Waals surface area contributed by atoms with Gasteiger partial charge in [0.25, 0.3) is 0 Å². The predicted molar refractivity (Wildman–Crippen MR) is 89.6 cm³/mol. The summed E-state index contributed by atoms with van der Waals surface area (Å²) in [7, 11) is 0. The van der Waals surface area contributed by atoms with E-state index in [1.165, 1.54) is 29.9 Å². The molecule has 8 heteroatoms. The molecule has 1 fully saturated rings. The van der Waals surface area contributed by atoms with Gasteiger partial charge in [0.05, 0.1) is 5.69 Å². The third-order valence-corrected chi connectivity index (χ3v) is 4.58. The first kappa shape index (κ1) is 15.7. The molecule has 0 aliphatic carbocycles. The Bertz CT molecular complexity index is 692. The summed E-state index contributed by atoms with van der Waals surface area (Å²) in [6.45, 7) is 4.13. The third kappa shape index (κ3) is 3.95. The lowest BCUT2D eigenvalue weighted by Gasteiger charge is -2.29. The molecular formula is C15H18FN5OS. The number of halogens is 1. The quantitative estimate of drug-likeness (QED) is 0.900. The third-order valence-electron chi connectivity index (χ3n) is 3.68. The number of nitrogens with one attached hydrogen (secondary N) is 2. The maximum atomic E-state index is 13.5. The van der Waals surface area contributed by atoms with Crippen molar-refractivity contribution in [2.45, 2.75) is 19.8 Å². The molecule has 0 saturated carbocycles. The molecule has 2 aromatic rings. The number of piperidine rings is 1. The van der Waals surface area contributed by atoms with Gasteiger partial charge < -0.3 is 10.2 Å². The summed E-state index contributed by atoms with van der Waals surface area (Å²) in [4.78, 5) is 14.1. The number of para-hydroxylation sites is 1. The van der Waals surface area contributed by atoms with E-state index in [-0.39, 0.29) is 5.69 Å². The van der Waals surface area contributed by atoms with Gasteiger partial charge in [-0.05, 0) is 30.9 Å². The van der Waals surface area contributed by atoms with Crippen LogP contribution in [0.5, 0.6) is 0 Å². The number of benzene rings is 1. The second kappa shape index (κ2) is 6.91. The van der Waals surface area contributed by atoms with Gasteiger partial charge in [0, 0.05) is 13.1 Å². The van der Waals surface area contributed by atoms with Crippen molar-refractivity contribution in [2.24, 2.45) is 5.92 Å². The largest absolute Gasteiger partial charge is 0.346 e. The first-order valence-corrected chi connectivity index (χ1v) is 8.34. The van der Waals surface area contributed by atoms with E-state index in [1.54, 1.807) is 12.1 Å². The van der Waals surface area contributed by atoms with Gasteiger partial charge in [-0.2, -0.15) is 0 Å². The van der Waals surface area contributed by atoms with Gasteiger partial charge in [-0.1, -0.05) is 30.4 Å². The van der Waals surface area contributed by atoms with Gasteiger partial charge in [-0.15, -0.1) is 10.2 Å². The van der Waals surface area contributed by atoms with E-state index < -0.39 is 11.8 Å². The zero-order chi connectivity index (χ0) is 16.2. The van der Waals surface area contributed by atoms with Crippen LogP contribution in [0.25, 0.3) is 0 Å². The molecule has 1 aliphatic rings. The average molecular weight is 335 g/mol. The van der Waals surface area contributed by atoms with Crippen LogP contribution in [0.1, 0.15) is 19.8 Å². The average Bonchev–Trinajstić information content (AvgIpc) is 2.98. The number of carbonyl (C=O) groups excluding carboxylic acids is 1. The molecule has 1 aromatic heterocycles. The van der Waals surface area contributed by atoms with Crippen molar-refractivity contribution in [3.05, 3.63) is 30.1 Å². The minimum Gasteiger partial charge on any atom is -0.346 e. The van der Waals surface area contributed by atoms with Gasteiger partial charge in [0.15, 0.2) is 0 Å². The Kier molecular flexibility index (Phi) is 4.71. The van der Waals surface area contributed by atoms with Gasteiger partial charge in [0.1, 0.15) is 5.82 Å². The van der Waals surface area contributed by atoms with E-state index in [9.17, 15) is 9.18 Å². The summed E-state index contributed by atoms with van der Waals surface area (Å²) in [5.74, 6) is 0.149.